The topological polar surface area (TPSA) is 59.2 Å². The zero-order valence-corrected chi connectivity index (χ0v) is 12.3. The highest BCUT2D eigenvalue weighted by molar-refractivity contribution is 5.95. The van der Waals surface area contributed by atoms with Gasteiger partial charge in [-0.05, 0) is 37.6 Å². The van der Waals surface area contributed by atoms with Crippen LogP contribution < -0.4 is 5.73 Å². The zero-order valence-electron chi connectivity index (χ0n) is 12.3. The van der Waals surface area contributed by atoms with Crippen LogP contribution in [0.3, 0.4) is 0 Å². The van der Waals surface area contributed by atoms with Gasteiger partial charge in [0.25, 0.3) is 5.91 Å². The second kappa shape index (κ2) is 7.55. The number of aryl methyl sites for hydroxylation is 1. The Hall–Kier alpha value is -2.20. The van der Waals surface area contributed by atoms with E-state index in [9.17, 15) is 4.79 Å². The van der Waals surface area contributed by atoms with Crippen molar-refractivity contribution in [2.24, 2.45) is 5.73 Å². The molecule has 4 heteroatoms. The van der Waals surface area contributed by atoms with E-state index in [-0.39, 0.29) is 5.91 Å². The van der Waals surface area contributed by atoms with Crippen molar-refractivity contribution in [3.8, 4) is 0 Å². The monoisotopic (exact) mass is 283 g/mol. The molecule has 2 rings (SSSR count). The molecule has 4 nitrogen and oxygen atoms in total. The van der Waals surface area contributed by atoms with Crippen LogP contribution in [0.15, 0.2) is 48.7 Å². The Morgan fingerprint density at radius 2 is 1.95 bits per heavy atom. The fourth-order valence-corrected chi connectivity index (χ4v) is 2.22. The van der Waals surface area contributed by atoms with Gasteiger partial charge in [0.2, 0.25) is 0 Å². The van der Waals surface area contributed by atoms with Gasteiger partial charge in [-0.25, -0.2) is 0 Å². The summed E-state index contributed by atoms with van der Waals surface area (Å²) in [4.78, 5) is 18.8. The van der Waals surface area contributed by atoms with E-state index < -0.39 is 0 Å². The highest BCUT2D eigenvalue weighted by Crippen LogP contribution is 2.12. The third-order valence-corrected chi connectivity index (χ3v) is 3.37. The summed E-state index contributed by atoms with van der Waals surface area (Å²) in [5.74, 6) is 0.0119. The van der Waals surface area contributed by atoms with E-state index >= 15 is 0 Å². The van der Waals surface area contributed by atoms with Crippen LogP contribution in [0.2, 0.25) is 0 Å². The average molecular weight is 283 g/mol. The van der Waals surface area contributed by atoms with Crippen molar-refractivity contribution in [3.63, 3.8) is 0 Å². The van der Waals surface area contributed by atoms with Gasteiger partial charge in [-0.1, -0.05) is 30.3 Å². The molecule has 2 N–H and O–H groups in total. The number of hydrogen-bond acceptors (Lipinski definition) is 3. The molecule has 0 fully saturated rings. The standard InChI is InChI=1S/C17H21N3O/c1-14-16(9-5-11-19-14)17(21)20(12-6-10-18)13-15-7-3-2-4-8-15/h2-5,7-9,11H,6,10,12-13,18H2,1H3. The minimum absolute atomic E-state index is 0.0119. The summed E-state index contributed by atoms with van der Waals surface area (Å²) in [6.45, 7) is 3.67. The second-order valence-corrected chi connectivity index (χ2v) is 4.99. The first kappa shape index (κ1) is 15.2. The zero-order chi connectivity index (χ0) is 15.1. The first-order chi connectivity index (χ1) is 10.2. The second-order valence-electron chi connectivity index (χ2n) is 4.99. The summed E-state index contributed by atoms with van der Waals surface area (Å²) in [6.07, 6.45) is 2.49. The Bertz CT molecular complexity index is 584. The van der Waals surface area contributed by atoms with E-state index in [0.29, 0.717) is 25.2 Å². The molecule has 0 aliphatic carbocycles. The van der Waals surface area contributed by atoms with Crippen molar-refractivity contribution in [2.75, 3.05) is 13.1 Å². The number of carbonyl (C=O) groups is 1. The van der Waals surface area contributed by atoms with Crippen LogP contribution in [-0.2, 0) is 6.54 Å². The molecule has 21 heavy (non-hydrogen) atoms. The summed E-state index contributed by atoms with van der Waals surface area (Å²) in [5, 5.41) is 0. The van der Waals surface area contributed by atoms with Crippen LogP contribution in [0.1, 0.15) is 28.0 Å². The van der Waals surface area contributed by atoms with Gasteiger partial charge in [0.15, 0.2) is 0 Å². The molecule has 0 bridgehead atoms. The van der Waals surface area contributed by atoms with E-state index in [1.54, 1.807) is 12.3 Å². The number of hydrogen-bond donors (Lipinski definition) is 1. The molecule has 0 spiro atoms. The van der Waals surface area contributed by atoms with Crippen LogP contribution in [0.5, 0.6) is 0 Å². The maximum Gasteiger partial charge on any atom is 0.255 e. The predicted molar refractivity (Wildman–Crippen MR) is 83.8 cm³/mol. The Balaban J connectivity index is 2.19. The van der Waals surface area contributed by atoms with Gasteiger partial charge in [-0.15, -0.1) is 0 Å². The molecule has 110 valence electrons. The smallest absolute Gasteiger partial charge is 0.255 e. The lowest BCUT2D eigenvalue weighted by molar-refractivity contribution is 0.0741. The largest absolute Gasteiger partial charge is 0.334 e. The lowest BCUT2D eigenvalue weighted by Crippen LogP contribution is -2.33. The van der Waals surface area contributed by atoms with Gasteiger partial charge in [-0.3, -0.25) is 9.78 Å². The van der Waals surface area contributed by atoms with E-state index in [1.165, 1.54) is 0 Å². The summed E-state index contributed by atoms with van der Waals surface area (Å²) in [6, 6.07) is 13.6. The fraction of sp³-hybridized carbons (Fsp3) is 0.294. The Labute approximate surface area is 125 Å². The Morgan fingerprint density at radius 1 is 1.19 bits per heavy atom. The van der Waals surface area contributed by atoms with Crippen molar-refractivity contribution >= 4 is 5.91 Å². The van der Waals surface area contributed by atoms with Crippen molar-refractivity contribution in [2.45, 2.75) is 19.9 Å². The molecule has 0 atom stereocenters. The minimum atomic E-state index is 0.0119. The maximum absolute atomic E-state index is 12.7. The summed E-state index contributed by atoms with van der Waals surface area (Å²) in [5.41, 5.74) is 8.12. The highest BCUT2D eigenvalue weighted by Gasteiger charge is 2.17. The van der Waals surface area contributed by atoms with Gasteiger partial charge in [0, 0.05) is 25.0 Å². The molecular formula is C17H21N3O. The number of carbonyl (C=O) groups excluding carboxylic acids is 1. The highest BCUT2D eigenvalue weighted by atomic mass is 16.2. The third-order valence-electron chi connectivity index (χ3n) is 3.37. The average Bonchev–Trinajstić information content (AvgIpc) is 2.52. The van der Waals surface area contributed by atoms with E-state index in [2.05, 4.69) is 4.98 Å². The number of nitrogens with zero attached hydrogens (tertiary/aromatic N) is 2. The molecule has 1 heterocycles. The molecule has 1 aromatic heterocycles. The van der Waals surface area contributed by atoms with Gasteiger partial charge >= 0.3 is 0 Å². The van der Waals surface area contributed by atoms with Crippen LogP contribution in [0.25, 0.3) is 0 Å². The van der Waals surface area contributed by atoms with E-state index in [1.807, 2.05) is 48.2 Å². The Morgan fingerprint density at radius 3 is 2.62 bits per heavy atom. The third kappa shape index (κ3) is 4.13. The molecule has 0 saturated carbocycles. The number of nitrogens with two attached hydrogens (primary N) is 1. The molecule has 0 aliphatic heterocycles. The van der Waals surface area contributed by atoms with Crippen molar-refractivity contribution in [3.05, 3.63) is 65.5 Å². The van der Waals surface area contributed by atoms with Gasteiger partial charge in [-0.2, -0.15) is 0 Å². The van der Waals surface area contributed by atoms with Gasteiger partial charge in [0.05, 0.1) is 5.56 Å². The summed E-state index contributed by atoms with van der Waals surface area (Å²) >= 11 is 0. The van der Waals surface area contributed by atoms with Gasteiger partial charge < -0.3 is 10.6 Å². The number of pyridine rings is 1. The molecule has 0 radical (unpaired) electrons. The first-order valence-corrected chi connectivity index (χ1v) is 7.17. The SMILES string of the molecule is Cc1ncccc1C(=O)N(CCCN)Cc1ccccc1. The van der Waals surface area contributed by atoms with Crippen LogP contribution in [0.4, 0.5) is 0 Å². The normalized spacial score (nSPS) is 10.4. The molecular weight excluding hydrogens is 262 g/mol. The fourth-order valence-electron chi connectivity index (χ4n) is 2.22. The Kier molecular flexibility index (Phi) is 5.46. The van der Waals surface area contributed by atoms with Crippen LogP contribution in [-0.4, -0.2) is 28.9 Å². The molecule has 1 amide bonds. The van der Waals surface area contributed by atoms with E-state index in [0.717, 1.165) is 17.7 Å². The predicted octanol–water partition coefficient (Wildman–Crippen LogP) is 2.38. The molecule has 1 aromatic carbocycles. The van der Waals surface area contributed by atoms with Crippen LogP contribution in [0, 0.1) is 6.92 Å². The van der Waals surface area contributed by atoms with Crippen molar-refractivity contribution in [1.29, 1.82) is 0 Å². The molecule has 0 saturated heterocycles. The number of rotatable bonds is 6. The van der Waals surface area contributed by atoms with Crippen molar-refractivity contribution in [1.82, 2.24) is 9.88 Å². The summed E-state index contributed by atoms with van der Waals surface area (Å²) in [7, 11) is 0. The maximum atomic E-state index is 12.7. The number of benzene rings is 1. The lowest BCUT2D eigenvalue weighted by Gasteiger charge is -2.23. The molecule has 2 aromatic rings. The lowest BCUT2D eigenvalue weighted by atomic mass is 10.1. The quantitative estimate of drug-likeness (QED) is 0.885. The number of aromatic nitrogens is 1. The number of amides is 1. The molecule has 0 unspecified atom stereocenters. The summed E-state index contributed by atoms with van der Waals surface area (Å²) < 4.78 is 0. The van der Waals surface area contributed by atoms with Crippen LogP contribution >= 0.6 is 0 Å². The first-order valence-electron chi connectivity index (χ1n) is 7.17. The van der Waals surface area contributed by atoms with E-state index in [4.69, 9.17) is 5.73 Å². The van der Waals surface area contributed by atoms with Crippen molar-refractivity contribution < 1.29 is 4.79 Å². The molecule has 0 aliphatic rings. The van der Waals surface area contributed by atoms with Gasteiger partial charge in [0.1, 0.15) is 0 Å². The minimum Gasteiger partial charge on any atom is -0.334 e.